The van der Waals surface area contributed by atoms with E-state index < -0.39 is 54.1 Å². The van der Waals surface area contributed by atoms with Crippen LogP contribution in [0.5, 0.6) is 11.5 Å². The van der Waals surface area contributed by atoms with E-state index >= 15 is 0 Å². The fourth-order valence-electron chi connectivity index (χ4n) is 3.68. The first-order chi connectivity index (χ1) is 14.3. The fourth-order valence-corrected chi connectivity index (χ4v) is 3.68. The maximum absolute atomic E-state index is 12.7. The van der Waals surface area contributed by atoms with Crippen molar-refractivity contribution in [3.8, 4) is 22.8 Å². The number of hydrogen-bond acceptors (Lipinski definition) is 9. The molecule has 4 rings (SSSR count). The van der Waals surface area contributed by atoms with Crippen LogP contribution in [0, 0.1) is 0 Å². The van der Waals surface area contributed by atoms with Crippen molar-refractivity contribution in [2.45, 2.75) is 30.5 Å². The second-order valence-corrected chi connectivity index (χ2v) is 7.12. The standard InChI is InChI=1S/C21H20O9/c22-8-14-17(26)18(27)19(28)21(30-14)16-11(24)6-10(23)15-12(25)7-13(29-20(15)16)9-4-2-1-3-5-9/h1-7,14,17-19,21-24,26-28H,8H2. The van der Waals surface area contributed by atoms with E-state index in [1.165, 1.54) is 6.07 Å². The molecule has 5 atom stereocenters. The molecular weight excluding hydrogens is 396 g/mol. The van der Waals surface area contributed by atoms with E-state index in [-0.39, 0.29) is 22.3 Å². The summed E-state index contributed by atoms with van der Waals surface area (Å²) >= 11 is 0. The molecule has 158 valence electrons. The largest absolute Gasteiger partial charge is 0.507 e. The van der Waals surface area contributed by atoms with E-state index in [0.717, 1.165) is 6.07 Å². The minimum atomic E-state index is -1.72. The number of ether oxygens (including phenoxy) is 1. The number of phenols is 2. The smallest absolute Gasteiger partial charge is 0.197 e. The van der Waals surface area contributed by atoms with E-state index in [1.54, 1.807) is 30.3 Å². The first-order valence-electron chi connectivity index (χ1n) is 9.22. The lowest BCUT2D eigenvalue weighted by molar-refractivity contribution is -0.231. The zero-order valence-electron chi connectivity index (χ0n) is 15.5. The summed E-state index contributed by atoms with van der Waals surface area (Å²) < 4.78 is 11.4. The maximum atomic E-state index is 12.7. The molecule has 1 fully saturated rings. The van der Waals surface area contributed by atoms with Crippen molar-refractivity contribution in [2.24, 2.45) is 0 Å². The van der Waals surface area contributed by atoms with Crippen LogP contribution in [0.2, 0.25) is 0 Å². The SMILES string of the molecule is O=c1cc(-c2ccccc2)oc2c(C3OC(CO)C(O)C(O)C3O)c(O)cc(O)c12. The van der Waals surface area contributed by atoms with Gasteiger partial charge < -0.3 is 39.8 Å². The second-order valence-electron chi connectivity index (χ2n) is 7.12. The Bertz CT molecular complexity index is 1120. The van der Waals surface area contributed by atoms with Crippen LogP contribution in [0.25, 0.3) is 22.3 Å². The molecule has 2 aromatic carbocycles. The topological polar surface area (TPSA) is 161 Å². The molecular formula is C21H20O9. The molecule has 2 heterocycles. The number of aliphatic hydroxyl groups excluding tert-OH is 4. The summed E-state index contributed by atoms with van der Waals surface area (Å²) in [6.07, 6.45) is -7.71. The van der Waals surface area contributed by atoms with E-state index in [2.05, 4.69) is 0 Å². The van der Waals surface area contributed by atoms with Crippen molar-refractivity contribution in [3.05, 3.63) is 58.3 Å². The van der Waals surface area contributed by atoms with Crippen molar-refractivity contribution in [1.29, 1.82) is 0 Å². The third-order valence-corrected chi connectivity index (χ3v) is 5.23. The average Bonchev–Trinajstić information content (AvgIpc) is 2.73. The van der Waals surface area contributed by atoms with Gasteiger partial charge in [-0.3, -0.25) is 4.79 Å². The van der Waals surface area contributed by atoms with Crippen LogP contribution >= 0.6 is 0 Å². The zero-order chi connectivity index (χ0) is 21.6. The zero-order valence-corrected chi connectivity index (χ0v) is 15.5. The summed E-state index contributed by atoms with van der Waals surface area (Å²) in [7, 11) is 0. The molecule has 30 heavy (non-hydrogen) atoms. The van der Waals surface area contributed by atoms with Gasteiger partial charge in [0, 0.05) is 17.7 Å². The monoisotopic (exact) mass is 416 g/mol. The Hall–Kier alpha value is -2.95. The number of phenolic OH excluding ortho intramolecular Hbond substituents is 2. The number of aromatic hydroxyl groups is 2. The van der Waals surface area contributed by atoms with Crippen molar-refractivity contribution >= 4 is 11.0 Å². The van der Waals surface area contributed by atoms with Crippen LogP contribution in [0.1, 0.15) is 11.7 Å². The van der Waals surface area contributed by atoms with Gasteiger partial charge in [0.2, 0.25) is 0 Å². The number of fused-ring (bicyclic) bond motifs is 1. The molecule has 5 unspecified atom stereocenters. The summed E-state index contributed by atoms with van der Waals surface area (Å²) in [5, 5.41) is 60.5. The van der Waals surface area contributed by atoms with Crippen molar-refractivity contribution < 1.29 is 39.8 Å². The molecule has 1 saturated heterocycles. The highest BCUT2D eigenvalue weighted by Gasteiger charge is 2.46. The average molecular weight is 416 g/mol. The number of benzene rings is 2. The van der Waals surface area contributed by atoms with E-state index in [1.807, 2.05) is 0 Å². The van der Waals surface area contributed by atoms with Gasteiger partial charge in [-0.25, -0.2) is 0 Å². The maximum Gasteiger partial charge on any atom is 0.197 e. The molecule has 0 amide bonds. The molecule has 0 radical (unpaired) electrons. The van der Waals surface area contributed by atoms with Gasteiger partial charge in [0.15, 0.2) is 11.0 Å². The van der Waals surface area contributed by atoms with Gasteiger partial charge in [0.05, 0.1) is 12.2 Å². The van der Waals surface area contributed by atoms with Crippen molar-refractivity contribution in [1.82, 2.24) is 0 Å². The lowest BCUT2D eigenvalue weighted by Gasteiger charge is -2.40. The number of hydrogen-bond donors (Lipinski definition) is 6. The van der Waals surface area contributed by atoms with Crippen LogP contribution in [0.15, 0.2) is 51.7 Å². The highest BCUT2D eigenvalue weighted by molar-refractivity contribution is 5.89. The highest BCUT2D eigenvalue weighted by Crippen LogP contribution is 2.43. The minimum absolute atomic E-state index is 0.143. The van der Waals surface area contributed by atoms with Gasteiger partial charge in [0.1, 0.15) is 53.2 Å². The summed E-state index contributed by atoms with van der Waals surface area (Å²) in [4.78, 5) is 12.7. The molecule has 3 aromatic rings. The Labute approximate surface area is 169 Å². The summed E-state index contributed by atoms with van der Waals surface area (Å²) in [5.41, 5.74) is -0.490. The number of rotatable bonds is 3. The summed E-state index contributed by atoms with van der Waals surface area (Å²) in [6, 6.07) is 10.7. The van der Waals surface area contributed by atoms with Gasteiger partial charge in [-0.15, -0.1) is 0 Å². The molecule has 1 aromatic heterocycles. The van der Waals surface area contributed by atoms with E-state index in [0.29, 0.717) is 5.56 Å². The first kappa shape index (κ1) is 20.3. The van der Waals surface area contributed by atoms with Crippen LogP contribution in [-0.4, -0.2) is 61.7 Å². The second kappa shape index (κ2) is 7.71. The Morgan fingerprint density at radius 1 is 0.900 bits per heavy atom. The van der Waals surface area contributed by atoms with Crippen molar-refractivity contribution in [3.63, 3.8) is 0 Å². The van der Waals surface area contributed by atoms with Gasteiger partial charge >= 0.3 is 0 Å². The van der Waals surface area contributed by atoms with Crippen LogP contribution in [0.3, 0.4) is 0 Å². The third kappa shape index (κ3) is 3.22. The molecule has 9 nitrogen and oxygen atoms in total. The Balaban J connectivity index is 1.97. The van der Waals surface area contributed by atoms with Gasteiger partial charge in [-0.2, -0.15) is 0 Å². The molecule has 1 aliphatic rings. The normalized spacial score (nSPS) is 26.7. The molecule has 6 N–H and O–H groups in total. The minimum Gasteiger partial charge on any atom is -0.507 e. The van der Waals surface area contributed by atoms with E-state index in [4.69, 9.17) is 9.15 Å². The van der Waals surface area contributed by atoms with Crippen LogP contribution < -0.4 is 5.43 Å². The molecule has 1 aliphatic heterocycles. The Morgan fingerprint density at radius 2 is 1.60 bits per heavy atom. The van der Waals surface area contributed by atoms with Crippen LogP contribution in [-0.2, 0) is 4.74 Å². The predicted molar refractivity (Wildman–Crippen MR) is 104 cm³/mol. The first-order valence-corrected chi connectivity index (χ1v) is 9.22. The fraction of sp³-hybridized carbons (Fsp3) is 0.286. The summed E-state index contributed by atoms with van der Waals surface area (Å²) in [5.74, 6) is -0.953. The molecule has 0 spiro atoms. The summed E-state index contributed by atoms with van der Waals surface area (Å²) in [6.45, 7) is -0.669. The molecule has 0 saturated carbocycles. The lowest BCUT2D eigenvalue weighted by Crippen LogP contribution is -2.55. The predicted octanol–water partition coefficient (Wildman–Crippen LogP) is 0.386. The molecule has 0 aliphatic carbocycles. The van der Waals surface area contributed by atoms with Gasteiger partial charge in [0.25, 0.3) is 0 Å². The lowest BCUT2D eigenvalue weighted by atomic mass is 9.89. The third-order valence-electron chi connectivity index (χ3n) is 5.23. The quantitative estimate of drug-likeness (QED) is 0.355. The van der Waals surface area contributed by atoms with E-state index in [9.17, 15) is 35.4 Å². The highest BCUT2D eigenvalue weighted by atomic mass is 16.5. The molecule has 9 heteroatoms. The van der Waals surface area contributed by atoms with Crippen LogP contribution in [0.4, 0.5) is 0 Å². The van der Waals surface area contributed by atoms with Crippen molar-refractivity contribution in [2.75, 3.05) is 6.61 Å². The Morgan fingerprint density at radius 3 is 2.27 bits per heavy atom. The van der Waals surface area contributed by atoms with Gasteiger partial charge in [-0.05, 0) is 0 Å². The number of aliphatic hydroxyl groups is 4. The molecule has 0 bridgehead atoms. The Kier molecular flexibility index (Phi) is 5.22. The van der Waals surface area contributed by atoms with Gasteiger partial charge in [-0.1, -0.05) is 30.3 Å².